The van der Waals surface area contributed by atoms with Crippen LogP contribution in [0, 0.1) is 3.57 Å². The standard InChI is InChI=1S/C20H20IN3O3/c1-13-11-18(25)22-16-5-3-4-6-17(16)24(13)19(26)12-23(2)20(27)14-7-9-15(21)10-8-14/h3-10,13H,11-12H2,1-2H3,(H,22,25)/t13-/m0/s1. The number of hydrogen-bond donors (Lipinski definition) is 1. The summed E-state index contributed by atoms with van der Waals surface area (Å²) in [5.41, 5.74) is 1.79. The lowest BCUT2D eigenvalue weighted by molar-refractivity contribution is -0.119. The third-order valence-electron chi connectivity index (χ3n) is 4.44. The van der Waals surface area contributed by atoms with Crippen LogP contribution in [0.25, 0.3) is 0 Å². The van der Waals surface area contributed by atoms with E-state index in [1.807, 2.05) is 31.2 Å². The fourth-order valence-electron chi connectivity index (χ4n) is 3.13. The van der Waals surface area contributed by atoms with E-state index in [2.05, 4.69) is 27.9 Å². The summed E-state index contributed by atoms with van der Waals surface area (Å²) in [6.45, 7) is 1.76. The van der Waals surface area contributed by atoms with Crippen molar-refractivity contribution in [2.75, 3.05) is 23.8 Å². The number of carbonyl (C=O) groups excluding carboxylic acids is 3. The molecular formula is C20H20IN3O3. The Labute approximate surface area is 171 Å². The maximum Gasteiger partial charge on any atom is 0.254 e. The van der Waals surface area contributed by atoms with Crippen molar-refractivity contribution in [3.05, 3.63) is 57.7 Å². The van der Waals surface area contributed by atoms with Crippen LogP contribution >= 0.6 is 22.6 Å². The highest BCUT2D eigenvalue weighted by Crippen LogP contribution is 2.31. The third kappa shape index (κ3) is 4.29. The molecule has 3 rings (SSSR count). The molecule has 6 nitrogen and oxygen atoms in total. The van der Waals surface area contributed by atoms with Crippen molar-refractivity contribution in [3.63, 3.8) is 0 Å². The number of anilines is 2. The number of fused-ring (bicyclic) bond motifs is 1. The second kappa shape index (κ2) is 8.08. The number of rotatable bonds is 3. The molecule has 7 heteroatoms. The van der Waals surface area contributed by atoms with Crippen molar-refractivity contribution in [2.45, 2.75) is 19.4 Å². The van der Waals surface area contributed by atoms with Gasteiger partial charge in [0.2, 0.25) is 11.8 Å². The summed E-state index contributed by atoms with van der Waals surface area (Å²) >= 11 is 2.18. The molecule has 0 spiro atoms. The quantitative estimate of drug-likeness (QED) is 0.691. The minimum absolute atomic E-state index is 0.0717. The molecule has 0 fully saturated rings. The van der Waals surface area contributed by atoms with Gasteiger partial charge in [0.25, 0.3) is 5.91 Å². The van der Waals surface area contributed by atoms with Crippen molar-refractivity contribution in [1.29, 1.82) is 0 Å². The Hall–Kier alpha value is -2.42. The molecule has 1 aliphatic heterocycles. The number of halogens is 1. The Morgan fingerprint density at radius 2 is 1.85 bits per heavy atom. The SMILES string of the molecule is C[C@H]1CC(=O)Nc2ccccc2N1C(=O)CN(C)C(=O)c1ccc(I)cc1. The second-order valence-corrected chi connectivity index (χ2v) is 7.80. The number of carbonyl (C=O) groups is 3. The highest BCUT2D eigenvalue weighted by atomic mass is 127. The lowest BCUT2D eigenvalue weighted by atomic mass is 10.1. The number of nitrogens with zero attached hydrogens (tertiary/aromatic N) is 2. The topological polar surface area (TPSA) is 69.7 Å². The van der Waals surface area contributed by atoms with E-state index in [1.165, 1.54) is 4.90 Å². The number of hydrogen-bond acceptors (Lipinski definition) is 3. The first kappa shape index (κ1) is 19.3. The van der Waals surface area contributed by atoms with Crippen LogP contribution in [0.15, 0.2) is 48.5 Å². The summed E-state index contributed by atoms with van der Waals surface area (Å²) in [6, 6.07) is 14.1. The fraction of sp³-hybridized carbons (Fsp3) is 0.250. The highest BCUT2D eigenvalue weighted by Gasteiger charge is 2.30. The maximum atomic E-state index is 13.0. The van der Waals surface area contributed by atoms with E-state index in [1.54, 1.807) is 36.2 Å². The highest BCUT2D eigenvalue weighted by molar-refractivity contribution is 14.1. The van der Waals surface area contributed by atoms with Gasteiger partial charge in [-0.1, -0.05) is 12.1 Å². The van der Waals surface area contributed by atoms with Gasteiger partial charge in [-0.05, 0) is 65.9 Å². The molecule has 1 aliphatic rings. The molecule has 0 saturated heterocycles. The number of benzene rings is 2. The normalized spacial score (nSPS) is 16.2. The van der Waals surface area contributed by atoms with E-state index in [0.717, 1.165) is 3.57 Å². The summed E-state index contributed by atoms with van der Waals surface area (Å²) in [7, 11) is 1.61. The molecule has 1 heterocycles. The van der Waals surface area contributed by atoms with E-state index in [-0.39, 0.29) is 36.7 Å². The van der Waals surface area contributed by atoms with Crippen LogP contribution in [0.5, 0.6) is 0 Å². The lowest BCUT2D eigenvalue weighted by Crippen LogP contribution is -2.45. The first-order chi connectivity index (χ1) is 12.9. The minimum atomic E-state index is -0.303. The van der Waals surface area contributed by atoms with Gasteiger partial charge in [0.15, 0.2) is 0 Å². The fourth-order valence-corrected chi connectivity index (χ4v) is 3.49. The average Bonchev–Trinajstić information content (AvgIpc) is 2.75. The van der Waals surface area contributed by atoms with Gasteiger partial charge in [0.05, 0.1) is 11.4 Å². The Kier molecular flexibility index (Phi) is 5.79. The smallest absolute Gasteiger partial charge is 0.254 e. The number of para-hydroxylation sites is 2. The van der Waals surface area contributed by atoms with Crippen LogP contribution in [0.4, 0.5) is 11.4 Å². The molecule has 2 aromatic carbocycles. The summed E-state index contributed by atoms with van der Waals surface area (Å²) in [6.07, 6.45) is 0.204. The molecule has 27 heavy (non-hydrogen) atoms. The molecule has 0 bridgehead atoms. The predicted octanol–water partition coefficient (Wildman–Crippen LogP) is 3.13. The van der Waals surface area contributed by atoms with E-state index >= 15 is 0 Å². The van der Waals surface area contributed by atoms with Gasteiger partial charge in [-0.25, -0.2) is 0 Å². The molecule has 1 N–H and O–H groups in total. The van der Waals surface area contributed by atoms with Gasteiger partial charge in [-0.2, -0.15) is 0 Å². The average molecular weight is 477 g/mol. The van der Waals surface area contributed by atoms with Crippen molar-refractivity contribution in [2.24, 2.45) is 0 Å². The van der Waals surface area contributed by atoms with E-state index in [0.29, 0.717) is 16.9 Å². The van der Waals surface area contributed by atoms with Crippen LogP contribution < -0.4 is 10.2 Å². The first-order valence-corrected chi connectivity index (χ1v) is 9.66. The molecule has 2 aromatic rings. The van der Waals surface area contributed by atoms with Crippen molar-refractivity contribution >= 4 is 51.7 Å². The Balaban J connectivity index is 1.81. The maximum absolute atomic E-state index is 13.0. The lowest BCUT2D eigenvalue weighted by Gasteiger charge is -2.29. The zero-order valence-electron chi connectivity index (χ0n) is 15.1. The Bertz CT molecular complexity index is 882. The Morgan fingerprint density at radius 1 is 1.19 bits per heavy atom. The zero-order chi connectivity index (χ0) is 19.6. The van der Waals surface area contributed by atoms with Gasteiger partial charge >= 0.3 is 0 Å². The molecule has 0 radical (unpaired) electrons. The summed E-state index contributed by atoms with van der Waals surface area (Å²) in [5, 5.41) is 2.83. The number of likely N-dealkylation sites (N-methyl/N-ethyl adjacent to an activating group) is 1. The van der Waals surface area contributed by atoms with Crippen LogP contribution in [-0.4, -0.2) is 42.3 Å². The molecule has 0 saturated carbocycles. The summed E-state index contributed by atoms with van der Waals surface area (Å²) in [5.74, 6) is -0.578. The van der Waals surface area contributed by atoms with E-state index < -0.39 is 0 Å². The molecule has 3 amide bonds. The first-order valence-electron chi connectivity index (χ1n) is 8.59. The zero-order valence-corrected chi connectivity index (χ0v) is 17.3. The molecule has 0 aromatic heterocycles. The third-order valence-corrected chi connectivity index (χ3v) is 5.16. The van der Waals surface area contributed by atoms with Gasteiger partial charge in [-0.3, -0.25) is 14.4 Å². The molecule has 0 aliphatic carbocycles. The molecule has 0 unspecified atom stereocenters. The van der Waals surface area contributed by atoms with E-state index in [9.17, 15) is 14.4 Å². The van der Waals surface area contributed by atoms with E-state index in [4.69, 9.17) is 0 Å². The molecular weight excluding hydrogens is 457 g/mol. The Morgan fingerprint density at radius 3 is 2.56 bits per heavy atom. The summed E-state index contributed by atoms with van der Waals surface area (Å²) < 4.78 is 1.04. The van der Waals surface area contributed by atoms with Crippen LogP contribution in [0.2, 0.25) is 0 Å². The summed E-state index contributed by atoms with van der Waals surface area (Å²) in [4.78, 5) is 40.7. The second-order valence-electron chi connectivity index (χ2n) is 6.55. The van der Waals surface area contributed by atoms with Crippen LogP contribution in [-0.2, 0) is 9.59 Å². The number of amides is 3. The largest absolute Gasteiger partial charge is 0.332 e. The van der Waals surface area contributed by atoms with Crippen molar-refractivity contribution in [1.82, 2.24) is 4.90 Å². The monoisotopic (exact) mass is 477 g/mol. The van der Waals surface area contributed by atoms with Gasteiger partial charge in [0.1, 0.15) is 6.54 Å². The molecule has 140 valence electrons. The van der Waals surface area contributed by atoms with Crippen LogP contribution in [0.1, 0.15) is 23.7 Å². The predicted molar refractivity (Wildman–Crippen MR) is 113 cm³/mol. The number of nitrogens with one attached hydrogen (secondary N) is 1. The van der Waals surface area contributed by atoms with Crippen LogP contribution in [0.3, 0.4) is 0 Å². The van der Waals surface area contributed by atoms with Crippen molar-refractivity contribution in [3.8, 4) is 0 Å². The van der Waals surface area contributed by atoms with Gasteiger partial charge in [-0.15, -0.1) is 0 Å². The van der Waals surface area contributed by atoms with Gasteiger partial charge in [0, 0.05) is 28.6 Å². The van der Waals surface area contributed by atoms with Gasteiger partial charge < -0.3 is 15.1 Å². The minimum Gasteiger partial charge on any atom is -0.332 e. The molecule has 1 atom stereocenters. The van der Waals surface area contributed by atoms with Crippen molar-refractivity contribution < 1.29 is 14.4 Å².